The Morgan fingerprint density at radius 3 is 2.94 bits per heavy atom. The van der Waals surface area contributed by atoms with Crippen LogP contribution < -0.4 is 10.6 Å². The molecule has 1 aliphatic carbocycles. The van der Waals surface area contributed by atoms with E-state index in [0.717, 1.165) is 31.2 Å². The summed E-state index contributed by atoms with van der Waals surface area (Å²) in [6, 6.07) is 0.417. The van der Waals surface area contributed by atoms with Gasteiger partial charge >= 0.3 is 0 Å². The molecule has 0 aromatic rings. The first-order chi connectivity index (χ1) is 7.76. The van der Waals surface area contributed by atoms with Crippen LogP contribution >= 0.6 is 11.8 Å². The summed E-state index contributed by atoms with van der Waals surface area (Å²) in [5.74, 6) is 0.202. The number of hydrogen-bond acceptors (Lipinski definition) is 3. The molecule has 0 saturated heterocycles. The van der Waals surface area contributed by atoms with Crippen LogP contribution in [-0.2, 0) is 4.79 Å². The Morgan fingerprint density at radius 2 is 2.25 bits per heavy atom. The second kappa shape index (κ2) is 7.96. The van der Waals surface area contributed by atoms with Crippen LogP contribution in [0, 0.1) is 0 Å². The second-order valence-corrected chi connectivity index (χ2v) is 5.53. The van der Waals surface area contributed by atoms with Crippen molar-refractivity contribution in [3.63, 3.8) is 0 Å². The summed E-state index contributed by atoms with van der Waals surface area (Å²) >= 11 is 1.93. The molecule has 0 aliphatic heterocycles. The number of carbonyl (C=O) groups excluding carboxylic acids is 1. The molecule has 2 unspecified atom stereocenters. The van der Waals surface area contributed by atoms with E-state index in [1.54, 1.807) is 0 Å². The van der Waals surface area contributed by atoms with Gasteiger partial charge in [0.25, 0.3) is 0 Å². The maximum atomic E-state index is 11.6. The van der Waals surface area contributed by atoms with Gasteiger partial charge in [0.05, 0.1) is 0 Å². The van der Waals surface area contributed by atoms with Crippen molar-refractivity contribution in [3.05, 3.63) is 0 Å². The van der Waals surface area contributed by atoms with Crippen molar-refractivity contribution in [1.29, 1.82) is 0 Å². The molecule has 4 heteroatoms. The zero-order valence-corrected chi connectivity index (χ0v) is 11.2. The molecule has 0 aromatic carbocycles. The van der Waals surface area contributed by atoms with Crippen LogP contribution in [0.5, 0.6) is 0 Å². The highest BCUT2D eigenvalue weighted by Crippen LogP contribution is 2.26. The van der Waals surface area contributed by atoms with Crippen LogP contribution in [0.2, 0.25) is 0 Å². The van der Waals surface area contributed by atoms with E-state index in [4.69, 9.17) is 0 Å². The average molecular weight is 244 g/mol. The summed E-state index contributed by atoms with van der Waals surface area (Å²) in [6.07, 6.45) is 7.64. The largest absolute Gasteiger partial charge is 0.353 e. The molecule has 0 bridgehead atoms. The molecular weight excluding hydrogens is 220 g/mol. The Labute approximate surface area is 103 Å². The number of thioether (sulfide) groups is 1. The molecule has 0 spiro atoms. The highest BCUT2D eigenvalue weighted by molar-refractivity contribution is 7.99. The summed E-state index contributed by atoms with van der Waals surface area (Å²) in [5.41, 5.74) is 0. The van der Waals surface area contributed by atoms with E-state index in [1.807, 2.05) is 11.8 Å². The van der Waals surface area contributed by atoms with E-state index < -0.39 is 0 Å². The summed E-state index contributed by atoms with van der Waals surface area (Å²) in [6.45, 7) is 3.79. The maximum Gasteiger partial charge on any atom is 0.221 e. The third-order valence-corrected chi connectivity index (χ3v) is 4.20. The molecule has 94 valence electrons. The molecule has 1 rings (SSSR count). The second-order valence-electron chi connectivity index (χ2n) is 4.39. The first kappa shape index (κ1) is 13.8. The normalized spacial score (nSPS) is 25.4. The van der Waals surface area contributed by atoms with Gasteiger partial charge in [0.15, 0.2) is 0 Å². The molecule has 16 heavy (non-hydrogen) atoms. The quantitative estimate of drug-likeness (QED) is 0.700. The van der Waals surface area contributed by atoms with Gasteiger partial charge < -0.3 is 10.6 Å². The third-order valence-electron chi connectivity index (χ3n) is 3.10. The Balaban J connectivity index is 2.17. The zero-order valence-electron chi connectivity index (χ0n) is 10.4. The molecule has 0 radical (unpaired) electrons. The van der Waals surface area contributed by atoms with Crippen molar-refractivity contribution in [3.8, 4) is 0 Å². The minimum Gasteiger partial charge on any atom is -0.353 e. The van der Waals surface area contributed by atoms with Crippen LogP contribution in [0.15, 0.2) is 0 Å². The number of carbonyl (C=O) groups is 1. The van der Waals surface area contributed by atoms with E-state index >= 15 is 0 Å². The molecule has 2 N–H and O–H groups in total. The molecule has 0 aromatic heterocycles. The first-order valence-electron chi connectivity index (χ1n) is 6.29. The number of hydrogen-bond donors (Lipinski definition) is 2. The Hall–Kier alpha value is -0.220. The first-order valence-corrected chi connectivity index (χ1v) is 7.58. The summed E-state index contributed by atoms with van der Waals surface area (Å²) in [7, 11) is 0. The van der Waals surface area contributed by atoms with Crippen molar-refractivity contribution in [1.82, 2.24) is 10.6 Å². The van der Waals surface area contributed by atoms with E-state index in [0.29, 0.717) is 12.5 Å². The summed E-state index contributed by atoms with van der Waals surface area (Å²) in [5, 5.41) is 7.06. The van der Waals surface area contributed by atoms with Gasteiger partial charge in [0.2, 0.25) is 5.91 Å². The standard InChI is InChI=1S/C12H24N2OS/c1-3-13-8-7-12(15)14-10-5-4-6-11(9-10)16-2/h10-11,13H,3-9H2,1-2H3,(H,14,15). The molecule has 1 saturated carbocycles. The predicted octanol–water partition coefficient (Wildman–Crippen LogP) is 1.78. The minimum absolute atomic E-state index is 0.202. The molecule has 3 nitrogen and oxygen atoms in total. The fraction of sp³-hybridized carbons (Fsp3) is 0.917. The average Bonchev–Trinajstić information content (AvgIpc) is 2.29. The lowest BCUT2D eigenvalue weighted by Crippen LogP contribution is -2.40. The number of rotatable bonds is 6. The minimum atomic E-state index is 0.202. The van der Waals surface area contributed by atoms with Crippen LogP contribution in [0.1, 0.15) is 39.0 Å². The third kappa shape index (κ3) is 5.21. The SMILES string of the molecule is CCNCCC(=O)NC1CCCC(SC)C1. The lowest BCUT2D eigenvalue weighted by molar-refractivity contribution is -0.121. The lowest BCUT2D eigenvalue weighted by atomic mass is 9.95. The van der Waals surface area contributed by atoms with Gasteiger partial charge in [-0.2, -0.15) is 11.8 Å². The fourth-order valence-corrected chi connectivity index (χ4v) is 3.00. The monoisotopic (exact) mass is 244 g/mol. The fourth-order valence-electron chi connectivity index (χ4n) is 2.17. The highest BCUT2D eigenvalue weighted by Gasteiger charge is 2.22. The van der Waals surface area contributed by atoms with Gasteiger partial charge in [-0.25, -0.2) is 0 Å². The summed E-state index contributed by atoms with van der Waals surface area (Å²) in [4.78, 5) is 11.6. The molecule has 2 atom stereocenters. The lowest BCUT2D eigenvalue weighted by Gasteiger charge is -2.28. The van der Waals surface area contributed by atoms with Crippen LogP contribution in [0.25, 0.3) is 0 Å². The molecule has 0 heterocycles. The molecule has 1 amide bonds. The maximum absolute atomic E-state index is 11.6. The topological polar surface area (TPSA) is 41.1 Å². The van der Waals surface area contributed by atoms with Crippen molar-refractivity contribution in [2.75, 3.05) is 19.3 Å². The smallest absolute Gasteiger partial charge is 0.221 e. The van der Waals surface area contributed by atoms with Gasteiger partial charge in [-0.05, 0) is 32.1 Å². The van der Waals surface area contributed by atoms with Gasteiger partial charge in [-0.15, -0.1) is 0 Å². The van der Waals surface area contributed by atoms with Crippen molar-refractivity contribution < 1.29 is 4.79 Å². The predicted molar refractivity (Wildman–Crippen MR) is 70.9 cm³/mol. The molecule has 1 fully saturated rings. The zero-order chi connectivity index (χ0) is 11.8. The van der Waals surface area contributed by atoms with Gasteiger partial charge in [-0.3, -0.25) is 4.79 Å². The van der Waals surface area contributed by atoms with Crippen molar-refractivity contribution in [2.45, 2.75) is 50.3 Å². The van der Waals surface area contributed by atoms with E-state index in [1.165, 1.54) is 12.8 Å². The van der Waals surface area contributed by atoms with Crippen molar-refractivity contribution >= 4 is 17.7 Å². The number of amides is 1. The Bertz CT molecular complexity index is 211. The van der Waals surface area contributed by atoms with Gasteiger partial charge in [0, 0.05) is 24.3 Å². The van der Waals surface area contributed by atoms with Crippen LogP contribution in [0.4, 0.5) is 0 Å². The molecular formula is C12H24N2OS. The highest BCUT2D eigenvalue weighted by atomic mass is 32.2. The van der Waals surface area contributed by atoms with Crippen LogP contribution in [0.3, 0.4) is 0 Å². The van der Waals surface area contributed by atoms with Crippen LogP contribution in [-0.4, -0.2) is 36.5 Å². The number of nitrogens with one attached hydrogen (secondary N) is 2. The van der Waals surface area contributed by atoms with Crippen molar-refractivity contribution in [2.24, 2.45) is 0 Å². The van der Waals surface area contributed by atoms with Gasteiger partial charge in [0.1, 0.15) is 0 Å². The van der Waals surface area contributed by atoms with E-state index in [2.05, 4.69) is 23.8 Å². The molecule has 1 aliphatic rings. The van der Waals surface area contributed by atoms with E-state index in [-0.39, 0.29) is 5.91 Å². The Morgan fingerprint density at radius 1 is 1.44 bits per heavy atom. The Kier molecular flexibility index (Phi) is 6.88. The van der Waals surface area contributed by atoms with E-state index in [9.17, 15) is 4.79 Å². The summed E-state index contributed by atoms with van der Waals surface area (Å²) < 4.78 is 0. The van der Waals surface area contributed by atoms with Gasteiger partial charge in [-0.1, -0.05) is 13.3 Å².